The van der Waals surface area contributed by atoms with Crippen molar-refractivity contribution in [3.05, 3.63) is 23.5 Å². The summed E-state index contributed by atoms with van der Waals surface area (Å²) >= 11 is 0. The largest absolute Gasteiger partial charge is 0.374 e. The van der Waals surface area contributed by atoms with Crippen LogP contribution < -0.4 is 0 Å². The average Bonchev–Trinajstić information content (AvgIpc) is 3.11. The monoisotopic (exact) mass is 300 g/mol. The fourth-order valence-electron chi connectivity index (χ4n) is 3.77. The minimum Gasteiger partial charge on any atom is -0.374 e. The van der Waals surface area contributed by atoms with Crippen molar-refractivity contribution in [3.8, 4) is 0 Å². The molecule has 1 amide bonds. The number of rotatable bonds is 1. The molecular formula is C16H20N4O2. The Balaban J connectivity index is 1.68. The van der Waals surface area contributed by atoms with Crippen LogP contribution in [0.3, 0.4) is 0 Å². The lowest BCUT2D eigenvalue weighted by atomic mass is 10.1. The predicted octanol–water partition coefficient (Wildman–Crippen LogP) is 1.67. The van der Waals surface area contributed by atoms with E-state index in [1.54, 1.807) is 10.9 Å². The maximum atomic E-state index is 12.9. The Morgan fingerprint density at radius 1 is 1.41 bits per heavy atom. The number of morpholine rings is 1. The summed E-state index contributed by atoms with van der Waals surface area (Å²) in [6.45, 7) is 3.25. The summed E-state index contributed by atoms with van der Waals surface area (Å²) in [7, 11) is 1.87. The molecule has 0 bridgehead atoms. The second kappa shape index (κ2) is 5.05. The maximum absolute atomic E-state index is 12.9. The van der Waals surface area contributed by atoms with Crippen LogP contribution >= 0.6 is 0 Å². The zero-order valence-electron chi connectivity index (χ0n) is 13.0. The molecule has 2 aromatic heterocycles. The van der Waals surface area contributed by atoms with Crippen molar-refractivity contribution in [2.45, 2.75) is 38.3 Å². The lowest BCUT2D eigenvalue weighted by Gasteiger charge is -2.37. The van der Waals surface area contributed by atoms with Crippen molar-refractivity contribution < 1.29 is 9.53 Å². The quantitative estimate of drug-likeness (QED) is 0.804. The van der Waals surface area contributed by atoms with Gasteiger partial charge in [0.15, 0.2) is 5.65 Å². The minimum atomic E-state index is 0.0675. The first-order valence-corrected chi connectivity index (χ1v) is 7.87. The Bertz CT molecular complexity index is 739. The van der Waals surface area contributed by atoms with Crippen LogP contribution in [0.4, 0.5) is 0 Å². The van der Waals surface area contributed by atoms with Crippen molar-refractivity contribution in [1.82, 2.24) is 19.7 Å². The number of aryl methyl sites for hydroxylation is 2. The molecule has 0 spiro atoms. The Labute approximate surface area is 129 Å². The molecule has 2 aliphatic rings. The van der Waals surface area contributed by atoms with Crippen molar-refractivity contribution in [2.75, 3.05) is 13.2 Å². The summed E-state index contributed by atoms with van der Waals surface area (Å²) in [5.74, 6) is 0.0675. The van der Waals surface area contributed by atoms with E-state index in [1.807, 2.05) is 24.9 Å². The highest BCUT2D eigenvalue weighted by Crippen LogP contribution is 2.31. The van der Waals surface area contributed by atoms with Crippen LogP contribution in [0.15, 0.2) is 12.3 Å². The zero-order valence-corrected chi connectivity index (χ0v) is 13.0. The minimum absolute atomic E-state index is 0.0675. The third-order valence-corrected chi connectivity index (χ3v) is 4.85. The molecule has 1 aliphatic heterocycles. The molecule has 22 heavy (non-hydrogen) atoms. The van der Waals surface area contributed by atoms with Crippen LogP contribution in [-0.2, 0) is 11.8 Å². The van der Waals surface area contributed by atoms with E-state index < -0.39 is 0 Å². The first-order valence-electron chi connectivity index (χ1n) is 7.87. The number of pyridine rings is 1. The van der Waals surface area contributed by atoms with E-state index in [0.717, 1.165) is 36.0 Å². The summed E-state index contributed by atoms with van der Waals surface area (Å²) < 4.78 is 7.54. The lowest BCUT2D eigenvalue weighted by molar-refractivity contribution is -0.0445. The van der Waals surface area contributed by atoms with Gasteiger partial charge in [0.1, 0.15) is 0 Å². The smallest absolute Gasteiger partial charge is 0.255 e. The van der Waals surface area contributed by atoms with Gasteiger partial charge in [-0.15, -0.1) is 0 Å². The number of aromatic nitrogens is 3. The average molecular weight is 300 g/mol. The molecule has 1 saturated heterocycles. The van der Waals surface area contributed by atoms with Gasteiger partial charge in [0, 0.05) is 25.2 Å². The molecule has 0 aromatic carbocycles. The zero-order chi connectivity index (χ0) is 15.3. The van der Waals surface area contributed by atoms with E-state index in [4.69, 9.17) is 4.74 Å². The normalized spacial score (nSPS) is 24.7. The van der Waals surface area contributed by atoms with Crippen LogP contribution in [0.2, 0.25) is 0 Å². The molecule has 1 saturated carbocycles. The number of fused-ring (bicyclic) bond motifs is 2. The fourth-order valence-corrected chi connectivity index (χ4v) is 3.77. The molecule has 1 aliphatic carbocycles. The Kier molecular flexibility index (Phi) is 3.14. The molecule has 2 atom stereocenters. The van der Waals surface area contributed by atoms with E-state index in [1.165, 1.54) is 0 Å². The summed E-state index contributed by atoms with van der Waals surface area (Å²) in [6, 6.07) is 2.15. The van der Waals surface area contributed by atoms with Gasteiger partial charge in [-0.1, -0.05) is 0 Å². The van der Waals surface area contributed by atoms with Crippen molar-refractivity contribution >= 4 is 16.9 Å². The molecule has 6 heteroatoms. The van der Waals surface area contributed by atoms with Gasteiger partial charge in [-0.25, -0.2) is 4.98 Å². The first kappa shape index (κ1) is 13.7. The number of hydrogen-bond acceptors (Lipinski definition) is 4. The van der Waals surface area contributed by atoms with Gasteiger partial charge in [-0.05, 0) is 32.3 Å². The van der Waals surface area contributed by atoms with E-state index >= 15 is 0 Å². The highest BCUT2D eigenvalue weighted by Gasteiger charge is 2.38. The van der Waals surface area contributed by atoms with Gasteiger partial charge < -0.3 is 9.64 Å². The van der Waals surface area contributed by atoms with E-state index in [-0.39, 0.29) is 18.1 Å². The van der Waals surface area contributed by atoms with Crippen LogP contribution in [0, 0.1) is 6.92 Å². The van der Waals surface area contributed by atoms with Gasteiger partial charge in [0.05, 0.1) is 30.0 Å². The lowest BCUT2D eigenvalue weighted by Crippen LogP contribution is -2.51. The van der Waals surface area contributed by atoms with Gasteiger partial charge in [-0.2, -0.15) is 5.10 Å². The third kappa shape index (κ3) is 2.01. The standard InChI is InChI=1S/C16H20N4O2/c1-10-12-8-11(9-17-15(12)19(2)18-10)16(21)20-6-7-22-14-5-3-4-13(14)20/h8-9,13-14H,3-7H2,1-2H3/t13-,14-/m0/s1. The molecule has 2 fully saturated rings. The van der Waals surface area contributed by atoms with Gasteiger partial charge in [-0.3, -0.25) is 9.48 Å². The van der Waals surface area contributed by atoms with E-state index in [0.29, 0.717) is 18.7 Å². The number of carbonyl (C=O) groups excluding carboxylic acids is 1. The summed E-state index contributed by atoms with van der Waals surface area (Å²) in [6.07, 6.45) is 5.13. The van der Waals surface area contributed by atoms with Crippen LogP contribution in [-0.4, -0.2) is 50.9 Å². The summed E-state index contributed by atoms with van der Waals surface area (Å²) in [4.78, 5) is 19.3. The number of nitrogens with zero attached hydrogens (tertiary/aromatic N) is 4. The Morgan fingerprint density at radius 2 is 2.27 bits per heavy atom. The van der Waals surface area contributed by atoms with Crippen molar-refractivity contribution in [2.24, 2.45) is 7.05 Å². The topological polar surface area (TPSA) is 60.2 Å². The molecule has 4 rings (SSSR count). The number of hydrogen-bond donors (Lipinski definition) is 0. The van der Waals surface area contributed by atoms with Crippen LogP contribution in [0.5, 0.6) is 0 Å². The van der Waals surface area contributed by atoms with E-state index in [9.17, 15) is 4.79 Å². The molecule has 2 aromatic rings. The number of amides is 1. The Morgan fingerprint density at radius 3 is 3.14 bits per heavy atom. The molecule has 0 unspecified atom stereocenters. The van der Waals surface area contributed by atoms with Gasteiger partial charge >= 0.3 is 0 Å². The first-order chi connectivity index (χ1) is 10.6. The molecule has 0 radical (unpaired) electrons. The molecule has 116 valence electrons. The maximum Gasteiger partial charge on any atom is 0.255 e. The van der Waals surface area contributed by atoms with Gasteiger partial charge in [0.25, 0.3) is 5.91 Å². The van der Waals surface area contributed by atoms with Crippen LogP contribution in [0.1, 0.15) is 35.3 Å². The second-order valence-electron chi connectivity index (χ2n) is 6.21. The summed E-state index contributed by atoms with van der Waals surface area (Å²) in [5, 5.41) is 5.31. The molecule has 0 N–H and O–H groups in total. The fraction of sp³-hybridized carbons (Fsp3) is 0.562. The highest BCUT2D eigenvalue weighted by molar-refractivity contribution is 5.97. The molecule has 3 heterocycles. The predicted molar refractivity (Wildman–Crippen MR) is 81.7 cm³/mol. The van der Waals surface area contributed by atoms with Crippen molar-refractivity contribution in [3.63, 3.8) is 0 Å². The summed E-state index contributed by atoms with van der Waals surface area (Å²) in [5.41, 5.74) is 2.37. The third-order valence-electron chi connectivity index (χ3n) is 4.85. The SMILES string of the molecule is Cc1nn(C)c2ncc(C(=O)N3CCO[C@H]4CCC[C@@H]43)cc12. The molecular weight excluding hydrogens is 280 g/mol. The van der Waals surface area contributed by atoms with Crippen LogP contribution in [0.25, 0.3) is 11.0 Å². The van der Waals surface area contributed by atoms with E-state index in [2.05, 4.69) is 10.1 Å². The Hall–Kier alpha value is -1.95. The van der Waals surface area contributed by atoms with Gasteiger partial charge in [0.2, 0.25) is 0 Å². The number of ether oxygens (including phenoxy) is 1. The second-order valence-corrected chi connectivity index (χ2v) is 6.21. The molecule has 6 nitrogen and oxygen atoms in total. The highest BCUT2D eigenvalue weighted by atomic mass is 16.5. The van der Waals surface area contributed by atoms with Crippen molar-refractivity contribution in [1.29, 1.82) is 0 Å². The number of carbonyl (C=O) groups is 1.